The van der Waals surface area contributed by atoms with Gasteiger partial charge in [-0.25, -0.2) is 4.98 Å². The van der Waals surface area contributed by atoms with E-state index in [0.29, 0.717) is 22.0 Å². The van der Waals surface area contributed by atoms with E-state index in [1.807, 2.05) is 32.0 Å². The van der Waals surface area contributed by atoms with E-state index in [9.17, 15) is 4.79 Å². The van der Waals surface area contributed by atoms with Crippen molar-refractivity contribution in [1.29, 1.82) is 0 Å². The number of carbonyl (C=O) groups is 1. The molecule has 6 heteroatoms. The van der Waals surface area contributed by atoms with Crippen molar-refractivity contribution in [2.45, 2.75) is 13.8 Å². The fourth-order valence-corrected chi connectivity index (χ4v) is 2.85. The molecule has 26 heavy (non-hydrogen) atoms. The van der Waals surface area contributed by atoms with Crippen molar-refractivity contribution in [2.24, 2.45) is 0 Å². The predicted molar refractivity (Wildman–Crippen MR) is 105 cm³/mol. The minimum absolute atomic E-state index is 0.211. The van der Waals surface area contributed by atoms with Crippen LogP contribution in [-0.4, -0.2) is 10.9 Å². The molecule has 1 amide bonds. The van der Waals surface area contributed by atoms with Crippen LogP contribution in [0, 0.1) is 13.8 Å². The van der Waals surface area contributed by atoms with E-state index in [0.717, 1.165) is 11.1 Å². The molecule has 0 unspecified atom stereocenters. The fourth-order valence-electron chi connectivity index (χ4n) is 2.43. The van der Waals surface area contributed by atoms with E-state index >= 15 is 0 Å². The van der Waals surface area contributed by atoms with Gasteiger partial charge in [0, 0.05) is 11.8 Å². The number of rotatable bonds is 4. The molecule has 132 valence electrons. The van der Waals surface area contributed by atoms with Crippen LogP contribution in [0.2, 0.25) is 10.0 Å². The molecule has 0 aliphatic heterocycles. The van der Waals surface area contributed by atoms with Crippen LogP contribution in [0.4, 0.5) is 5.69 Å². The van der Waals surface area contributed by atoms with E-state index in [1.165, 1.54) is 6.20 Å². The van der Waals surface area contributed by atoms with Gasteiger partial charge >= 0.3 is 0 Å². The zero-order valence-electron chi connectivity index (χ0n) is 14.2. The van der Waals surface area contributed by atoms with Gasteiger partial charge in [-0.3, -0.25) is 4.79 Å². The van der Waals surface area contributed by atoms with E-state index < -0.39 is 0 Å². The number of halogens is 2. The summed E-state index contributed by atoms with van der Waals surface area (Å²) in [6, 6.07) is 14.2. The van der Waals surface area contributed by atoms with E-state index in [-0.39, 0.29) is 16.8 Å². The van der Waals surface area contributed by atoms with Crippen molar-refractivity contribution in [3.05, 3.63) is 81.5 Å². The molecule has 4 nitrogen and oxygen atoms in total. The zero-order chi connectivity index (χ0) is 18.7. The van der Waals surface area contributed by atoms with Gasteiger partial charge in [-0.1, -0.05) is 47.5 Å². The van der Waals surface area contributed by atoms with E-state index in [2.05, 4.69) is 10.3 Å². The van der Waals surface area contributed by atoms with Crippen molar-refractivity contribution in [1.82, 2.24) is 4.98 Å². The molecule has 0 aliphatic rings. The van der Waals surface area contributed by atoms with Crippen LogP contribution in [-0.2, 0) is 0 Å². The molecule has 0 aliphatic carbocycles. The van der Waals surface area contributed by atoms with Crippen molar-refractivity contribution < 1.29 is 9.53 Å². The SMILES string of the molecule is Cc1cccc(C(=O)Nc2ccccc2Oc2ncc(Cl)cc2Cl)c1C. The molecule has 3 rings (SSSR count). The maximum absolute atomic E-state index is 12.7. The number of amides is 1. The second-order valence-electron chi connectivity index (χ2n) is 5.74. The van der Waals surface area contributed by atoms with Crippen molar-refractivity contribution in [2.75, 3.05) is 5.32 Å². The maximum atomic E-state index is 12.7. The van der Waals surface area contributed by atoms with Gasteiger partial charge < -0.3 is 10.1 Å². The number of hydrogen-bond donors (Lipinski definition) is 1. The fraction of sp³-hybridized carbons (Fsp3) is 0.100. The Morgan fingerprint density at radius 2 is 1.85 bits per heavy atom. The highest BCUT2D eigenvalue weighted by atomic mass is 35.5. The van der Waals surface area contributed by atoms with Crippen molar-refractivity contribution in [3.8, 4) is 11.6 Å². The summed E-state index contributed by atoms with van der Waals surface area (Å²) in [6.45, 7) is 3.89. The molecule has 1 aromatic heterocycles. The Morgan fingerprint density at radius 1 is 1.08 bits per heavy atom. The van der Waals surface area contributed by atoms with Gasteiger partial charge in [-0.2, -0.15) is 0 Å². The third kappa shape index (κ3) is 3.98. The Bertz CT molecular complexity index is 974. The summed E-state index contributed by atoms with van der Waals surface area (Å²) in [5.41, 5.74) is 3.12. The molecule has 3 aromatic rings. The first kappa shape index (κ1) is 18.2. The number of carbonyl (C=O) groups excluding carboxylic acids is 1. The largest absolute Gasteiger partial charge is 0.435 e. The van der Waals surface area contributed by atoms with Gasteiger partial charge in [-0.05, 0) is 49.2 Å². The zero-order valence-corrected chi connectivity index (χ0v) is 15.7. The lowest BCUT2D eigenvalue weighted by atomic mass is 10.0. The topological polar surface area (TPSA) is 51.2 Å². The van der Waals surface area contributed by atoms with Crippen molar-refractivity contribution in [3.63, 3.8) is 0 Å². The monoisotopic (exact) mass is 386 g/mol. The van der Waals surface area contributed by atoms with Crippen LogP contribution >= 0.6 is 23.2 Å². The standard InChI is InChI=1S/C20H16Cl2N2O2/c1-12-6-5-7-15(13(12)2)19(25)24-17-8-3-4-9-18(17)26-20-16(22)10-14(21)11-23-20/h3-11H,1-2H3,(H,24,25). The quantitative estimate of drug-likeness (QED) is 0.593. The molecule has 0 saturated heterocycles. The second kappa shape index (κ2) is 7.77. The molecule has 0 fully saturated rings. The molecule has 1 heterocycles. The molecule has 0 saturated carbocycles. The summed E-state index contributed by atoms with van der Waals surface area (Å²) in [7, 11) is 0. The van der Waals surface area contributed by atoms with Gasteiger partial charge in [0.1, 0.15) is 5.02 Å². The predicted octanol–water partition coefficient (Wildman–Crippen LogP) is 6.05. The van der Waals surface area contributed by atoms with Gasteiger partial charge in [0.15, 0.2) is 5.75 Å². The smallest absolute Gasteiger partial charge is 0.256 e. The summed E-state index contributed by atoms with van der Waals surface area (Å²) >= 11 is 12.0. The summed E-state index contributed by atoms with van der Waals surface area (Å²) in [5.74, 6) is 0.435. The van der Waals surface area contributed by atoms with Crippen LogP contribution in [0.5, 0.6) is 11.6 Å². The lowest BCUT2D eigenvalue weighted by molar-refractivity contribution is 0.102. The van der Waals surface area contributed by atoms with Crippen LogP contribution in [0.1, 0.15) is 21.5 Å². The van der Waals surface area contributed by atoms with E-state index in [4.69, 9.17) is 27.9 Å². The minimum Gasteiger partial charge on any atom is -0.435 e. The summed E-state index contributed by atoms with van der Waals surface area (Å²) in [6.07, 6.45) is 1.44. The Labute approximate surface area is 161 Å². The molecular weight excluding hydrogens is 371 g/mol. The highest BCUT2D eigenvalue weighted by Gasteiger charge is 2.14. The average Bonchev–Trinajstić information content (AvgIpc) is 2.61. The number of ether oxygens (including phenoxy) is 1. The lowest BCUT2D eigenvalue weighted by Gasteiger charge is -2.14. The Hall–Kier alpha value is -2.56. The highest BCUT2D eigenvalue weighted by Crippen LogP contribution is 2.33. The van der Waals surface area contributed by atoms with Crippen LogP contribution in [0.25, 0.3) is 0 Å². The summed E-state index contributed by atoms with van der Waals surface area (Å²) in [4.78, 5) is 16.8. The molecule has 1 N–H and O–H groups in total. The molecule has 0 atom stereocenters. The number of benzene rings is 2. The number of aromatic nitrogens is 1. The maximum Gasteiger partial charge on any atom is 0.256 e. The van der Waals surface area contributed by atoms with Crippen molar-refractivity contribution >= 4 is 34.8 Å². The number of nitrogens with one attached hydrogen (secondary N) is 1. The molecule has 2 aromatic carbocycles. The first-order chi connectivity index (χ1) is 12.5. The van der Waals surface area contributed by atoms with E-state index in [1.54, 1.807) is 30.3 Å². The third-order valence-electron chi connectivity index (χ3n) is 3.97. The Balaban J connectivity index is 1.87. The normalized spacial score (nSPS) is 10.5. The third-order valence-corrected chi connectivity index (χ3v) is 4.44. The van der Waals surface area contributed by atoms with Crippen LogP contribution in [0.3, 0.4) is 0 Å². The number of anilines is 1. The van der Waals surface area contributed by atoms with Gasteiger partial charge in [0.25, 0.3) is 5.91 Å². The van der Waals surface area contributed by atoms with Crippen LogP contribution in [0.15, 0.2) is 54.7 Å². The molecule has 0 bridgehead atoms. The molecular formula is C20H16Cl2N2O2. The highest BCUT2D eigenvalue weighted by molar-refractivity contribution is 6.35. The van der Waals surface area contributed by atoms with Crippen LogP contribution < -0.4 is 10.1 Å². The molecule has 0 radical (unpaired) electrons. The summed E-state index contributed by atoms with van der Waals surface area (Å²) < 4.78 is 5.77. The number of hydrogen-bond acceptors (Lipinski definition) is 3. The second-order valence-corrected chi connectivity index (χ2v) is 6.58. The van der Waals surface area contributed by atoms with Gasteiger partial charge in [0.2, 0.25) is 5.88 Å². The first-order valence-corrected chi connectivity index (χ1v) is 8.67. The first-order valence-electron chi connectivity index (χ1n) is 7.91. The number of pyridine rings is 1. The van der Waals surface area contributed by atoms with Gasteiger partial charge in [-0.15, -0.1) is 0 Å². The number of nitrogens with zero attached hydrogens (tertiary/aromatic N) is 1. The summed E-state index contributed by atoms with van der Waals surface area (Å²) in [5, 5.41) is 3.59. The average molecular weight is 387 g/mol. The molecule has 0 spiro atoms. The number of aryl methyl sites for hydroxylation is 1. The Morgan fingerprint density at radius 3 is 2.62 bits per heavy atom. The lowest BCUT2D eigenvalue weighted by Crippen LogP contribution is -2.14. The number of para-hydroxylation sites is 2. The minimum atomic E-state index is -0.211. The van der Waals surface area contributed by atoms with Gasteiger partial charge in [0.05, 0.1) is 10.7 Å². The Kier molecular flexibility index (Phi) is 5.45.